The van der Waals surface area contributed by atoms with E-state index >= 15 is 0 Å². The number of ether oxygens (including phenoxy) is 1. The van der Waals surface area contributed by atoms with E-state index in [0.717, 1.165) is 16.7 Å². The van der Waals surface area contributed by atoms with Gasteiger partial charge in [0.2, 0.25) is 12.6 Å². The fraction of sp³-hybridized carbons (Fsp3) is 0.130. The molecule has 26 heavy (non-hydrogen) atoms. The Morgan fingerprint density at radius 1 is 0.769 bits per heavy atom. The lowest BCUT2D eigenvalue weighted by Gasteiger charge is -2.29. The van der Waals surface area contributed by atoms with Gasteiger partial charge >= 0.3 is 5.97 Å². The Labute approximate surface area is 153 Å². The first-order valence-corrected chi connectivity index (χ1v) is 8.76. The summed E-state index contributed by atoms with van der Waals surface area (Å²) in [5.74, 6) is -0.210. The van der Waals surface area contributed by atoms with Crippen molar-refractivity contribution in [1.82, 2.24) is 0 Å². The molecule has 3 aromatic rings. The van der Waals surface area contributed by atoms with Crippen molar-refractivity contribution in [2.24, 2.45) is 0 Å². The van der Waals surface area contributed by atoms with Gasteiger partial charge in [-0.15, -0.1) is 0 Å². The van der Waals surface area contributed by atoms with Crippen molar-refractivity contribution in [3.63, 3.8) is 0 Å². The first-order chi connectivity index (χ1) is 12.8. The number of carbonyl (C=O) groups is 1. The highest BCUT2D eigenvalue weighted by molar-refractivity contribution is 5.78. The zero-order valence-electron chi connectivity index (χ0n) is 14.4. The monoisotopic (exact) mass is 342 g/mol. The average Bonchev–Trinajstić information content (AvgIpc) is 2.70. The van der Waals surface area contributed by atoms with Gasteiger partial charge in [0, 0.05) is 11.1 Å². The van der Waals surface area contributed by atoms with Crippen LogP contribution in [0.15, 0.2) is 91.0 Å². The summed E-state index contributed by atoms with van der Waals surface area (Å²) >= 11 is 0. The minimum absolute atomic E-state index is 0.0727. The molecular formula is C23H20NO2+. The lowest BCUT2D eigenvalue weighted by molar-refractivity contribution is -0.583. The number of benzene rings is 3. The van der Waals surface area contributed by atoms with Gasteiger partial charge in [-0.2, -0.15) is 0 Å². The van der Waals surface area contributed by atoms with Crippen LogP contribution in [0.25, 0.3) is 0 Å². The fourth-order valence-corrected chi connectivity index (χ4v) is 3.43. The smallest absolute Gasteiger partial charge is 0.373 e. The average molecular weight is 342 g/mol. The van der Waals surface area contributed by atoms with E-state index in [0.29, 0.717) is 0 Å². The number of morpholine rings is 1. The van der Waals surface area contributed by atoms with E-state index in [1.54, 1.807) is 0 Å². The maximum absolute atomic E-state index is 12.3. The van der Waals surface area contributed by atoms with Crippen LogP contribution in [0.3, 0.4) is 0 Å². The standard InChI is InChI=1S/C23H20NO2/c25-21-17-24(16-18-10-4-1-5-11-18)22(19-12-6-2-7-13-19)23(26-21)20-14-8-3-9-15-20/h1-16,22-23H,17H2/q+1/t22-,23+/m0/s1. The second-order valence-corrected chi connectivity index (χ2v) is 6.39. The number of rotatable bonds is 3. The van der Waals surface area contributed by atoms with Crippen LogP contribution in [0.4, 0.5) is 0 Å². The first kappa shape index (κ1) is 16.3. The Morgan fingerprint density at radius 3 is 1.92 bits per heavy atom. The summed E-state index contributed by atoms with van der Waals surface area (Å²) in [6, 6.07) is 30.2. The molecule has 0 radical (unpaired) electrons. The van der Waals surface area contributed by atoms with Crippen LogP contribution >= 0.6 is 0 Å². The molecule has 0 aromatic heterocycles. The van der Waals surface area contributed by atoms with Gasteiger partial charge in [-0.05, 0) is 17.7 Å². The fourth-order valence-electron chi connectivity index (χ4n) is 3.43. The minimum atomic E-state index is -0.347. The van der Waals surface area contributed by atoms with Gasteiger partial charge < -0.3 is 4.74 Å². The predicted molar refractivity (Wildman–Crippen MR) is 101 cm³/mol. The highest BCUT2D eigenvalue weighted by atomic mass is 16.5. The van der Waals surface area contributed by atoms with Crippen molar-refractivity contribution >= 4 is 12.2 Å². The number of esters is 1. The molecule has 0 unspecified atom stereocenters. The second-order valence-electron chi connectivity index (χ2n) is 6.39. The van der Waals surface area contributed by atoms with Crippen LogP contribution in [-0.4, -0.2) is 23.3 Å². The topological polar surface area (TPSA) is 29.3 Å². The molecule has 3 nitrogen and oxygen atoms in total. The summed E-state index contributed by atoms with van der Waals surface area (Å²) in [6.07, 6.45) is 1.70. The number of nitrogens with zero attached hydrogens (tertiary/aromatic N) is 1. The Hall–Kier alpha value is -3.20. The zero-order chi connectivity index (χ0) is 17.8. The Balaban J connectivity index is 1.83. The molecule has 1 fully saturated rings. The van der Waals surface area contributed by atoms with Crippen molar-refractivity contribution in [3.8, 4) is 0 Å². The molecular weight excluding hydrogens is 322 g/mol. The maximum Gasteiger partial charge on any atom is 0.373 e. The Morgan fingerprint density at radius 2 is 1.31 bits per heavy atom. The van der Waals surface area contributed by atoms with E-state index in [1.165, 1.54) is 0 Å². The van der Waals surface area contributed by atoms with Crippen LogP contribution in [0.2, 0.25) is 0 Å². The summed E-state index contributed by atoms with van der Waals surface area (Å²) in [6.45, 7) is 0.234. The zero-order valence-corrected chi connectivity index (χ0v) is 14.4. The molecule has 0 aliphatic carbocycles. The summed E-state index contributed by atoms with van der Waals surface area (Å²) < 4.78 is 7.90. The molecule has 1 saturated heterocycles. The molecule has 3 aromatic carbocycles. The lowest BCUT2D eigenvalue weighted by atomic mass is 9.93. The number of cyclic esters (lactones) is 1. The lowest BCUT2D eigenvalue weighted by Crippen LogP contribution is -2.39. The van der Waals surface area contributed by atoms with Crippen molar-refractivity contribution in [1.29, 1.82) is 0 Å². The van der Waals surface area contributed by atoms with E-state index in [1.807, 2.05) is 85.1 Å². The Bertz CT molecular complexity index is 905. The molecule has 3 heteroatoms. The van der Waals surface area contributed by atoms with Crippen LogP contribution in [-0.2, 0) is 9.53 Å². The van der Waals surface area contributed by atoms with Crippen LogP contribution in [0.5, 0.6) is 0 Å². The third-order valence-corrected chi connectivity index (χ3v) is 4.60. The molecule has 2 atom stereocenters. The van der Waals surface area contributed by atoms with Gasteiger partial charge in [0.15, 0.2) is 12.3 Å². The van der Waals surface area contributed by atoms with Crippen molar-refractivity contribution < 1.29 is 14.1 Å². The largest absolute Gasteiger partial charge is 0.445 e. The summed E-state index contributed by atoms with van der Waals surface area (Å²) in [4.78, 5) is 12.3. The number of hydrogen-bond donors (Lipinski definition) is 0. The molecule has 0 N–H and O–H groups in total. The second kappa shape index (κ2) is 7.36. The van der Waals surface area contributed by atoms with Gasteiger partial charge in [-0.25, -0.2) is 9.37 Å². The van der Waals surface area contributed by atoms with E-state index in [2.05, 4.69) is 16.7 Å². The van der Waals surface area contributed by atoms with Crippen LogP contribution in [0.1, 0.15) is 28.8 Å². The normalized spacial score (nSPS) is 21.4. The first-order valence-electron chi connectivity index (χ1n) is 8.76. The van der Waals surface area contributed by atoms with E-state index in [-0.39, 0.29) is 24.7 Å². The van der Waals surface area contributed by atoms with Gasteiger partial charge in [-0.1, -0.05) is 78.9 Å². The molecule has 0 saturated carbocycles. The molecule has 1 aliphatic heterocycles. The van der Waals surface area contributed by atoms with Gasteiger partial charge in [0.1, 0.15) is 0 Å². The minimum Gasteiger partial charge on any atom is -0.445 e. The Kier molecular flexibility index (Phi) is 4.61. The predicted octanol–water partition coefficient (Wildman–Crippen LogP) is 4.16. The molecule has 1 heterocycles. The number of carbonyl (C=O) groups excluding carboxylic acids is 1. The van der Waals surface area contributed by atoms with Crippen molar-refractivity contribution in [2.45, 2.75) is 12.1 Å². The SMILES string of the molecule is O=C1C[N+](=Cc2ccccc2)[C@@H](c2ccccc2)[C@@H](c2ccccc2)O1. The highest BCUT2D eigenvalue weighted by Crippen LogP contribution is 2.37. The van der Waals surface area contributed by atoms with Crippen LogP contribution < -0.4 is 0 Å². The summed E-state index contributed by atoms with van der Waals surface area (Å²) in [5.41, 5.74) is 3.19. The van der Waals surface area contributed by atoms with Gasteiger partial charge in [0.25, 0.3) is 0 Å². The quantitative estimate of drug-likeness (QED) is 0.528. The highest BCUT2D eigenvalue weighted by Gasteiger charge is 2.42. The molecule has 4 rings (SSSR count). The van der Waals surface area contributed by atoms with Crippen molar-refractivity contribution in [3.05, 3.63) is 108 Å². The molecule has 1 aliphatic rings. The van der Waals surface area contributed by atoms with Crippen molar-refractivity contribution in [2.75, 3.05) is 6.54 Å². The van der Waals surface area contributed by atoms with E-state index in [4.69, 9.17) is 4.74 Å². The molecule has 128 valence electrons. The third-order valence-electron chi connectivity index (χ3n) is 4.60. The number of hydrogen-bond acceptors (Lipinski definition) is 2. The third kappa shape index (κ3) is 3.42. The molecule has 0 bridgehead atoms. The summed E-state index contributed by atoms with van der Waals surface area (Å²) in [7, 11) is 0. The van der Waals surface area contributed by atoms with E-state index in [9.17, 15) is 4.79 Å². The maximum atomic E-state index is 12.3. The van der Waals surface area contributed by atoms with Gasteiger partial charge in [-0.3, -0.25) is 0 Å². The molecule has 0 spiro atoms. The van der Waals surface area contributed by atoms with E-state index < -0.39 is 0 Å². The van der Waals surface area contributed by atoms with Gasteiger partial charge in [0.05, 0.1) is 0 Å². The summed E-state index contributed by atoms with van der Waals surface area (Å²) in [5, 5.41) is 0. The van der Waals surface area contributed by atoms with Crippen LogP contribution in [0, 0.1) is 0 Å². The molecule has 0 amide bonds.